The minimum absolute atomic E-state index is 0.0966. The van der Waals surface area contributed by atoms with Crippen LogP contribution in [0.1, 0.15) is 31.9 Å². The van der Waals surface area contributed by atoms with E-state index >= 15 is 0 Å². The monoisotopic (exact) mass is 542 g/mol. The Kier molecular flexibility index (Phi) is 7.37. The number of hydrogen-bond acceptors (Lipinski definition) is 2. The van der Waals surface area contributed by atoms with Gasteiger partial charge in [0.1, 0.15) is 0 Å². The minimum Gasteiger partial charge on any atom is -0.228 e. The first-order valence-corrected chi connectivity index (χ1v) is 14.4. The fraction of sp³-hybridized carbons (Fsp3) is 0.100. The second-order valence-corrected chi connectivity index (χ2v) is 11.6. The van der Waals surface area contributed by atoms with E-state index in [0.29, 0.717) is 0 Å². The second-order valence-electron chi connectivity index (χ2n) is 11.6. The van der Waals surface area contributed by atoms with Crippen molar-refractivity contribution < 1.29 is 0 Å². The molecule has 0 radical (unpaired) electrons. The molecule has 0 aliphatic heterocycles. The van der Waals surface area contributed by atoms with Crippen LogP contribution in [0.15, 0.2) is 140 Å². The van der Waals surface area contributed by atoms with Crippen molar-refractivity contribution in [2.75, 3.05) is 0 Å². The summed E-state index contributed by atoms with van der Waals surface area (Å²) in [6.45, 7) is 10.6. The van der Waals surface area contributed by atoms with Crippen LogP contribution in [-0.2, 0) is 5.41 Å². The SMILES string of the molecule is C=Cc1ccc(-c2ccc(-c3cccc(-c4cc(-c5ccc(C(C)(C)C)cc5)nc(-c5ccccc5)n4)c3)cc2)cc1. The van der Waals surface area contributed by atoms with Crippen LogP contribution >= 0.6 is 0 Å². The predicted molar refractivity (Wildman–Crippen MR) is 178 cm³/mol. The van der Waals surface area contributed by atoms with Gasteiger partial charge in [-0.25, -0.2) is 9.97 Å². The fourth-order valence-electron chi connectivity index (χ4n) is 5.13. The van der Waals surface area contributed by atoms with Crippen molar-refractivity contribution in [2.24, 2.45) is 0 Å². The number of rotatable bonds is 6. The Labute approximate surface area is 249 Å². The summed E-state index contributed by atoms with van der Waals surface area (Å²) in [6, 6.07) is 46.9. The topological polar surface area (TPSA) is 25.8 Å². The molecule has 2 heteroatoms. The highest BCUT2D eigenvalue weighted by molar-refractivity contribution is 5.77. The molecule has 0 N–H and O–H groups in total. The fourth-order valence-corrected chi connectivity index (χ4v) is 5.13. The molecule has 0 unspecified atom stereocenters. The maximum absolute atomic E-state index is 5.04. The van der Waals surface area contributed by atoms with Gasteiger partial charge in [-0.2, -0.15) is 0 Å². The van der Waals surface area contributed by atoms with E-state index in [4.69, 9.17) is 9.97 Å². The highest BCUT2D eigenvalue weighted by atomic mass is 14.9. The maximum Gasteiger partial charge on any atom is 0.160 e. The summed E-state index contributed by atoms with van der Waals surface area (Å²) in [6.07, 6.45) is 1.87. The van der Waals surface area contributed by atoms with E-state index in [1.54, 1.807) is 0 Å². The van der Waals surface area contributed by atoms with Crippen LogP contribution in [0, 0.1) is 0 Å². The molecule has 0 saturated carbocycles. The molecule has 1 heterocycles. The van der Waals surface area contributed by atoms with Gasteiger partial charge in [0, 0.05) is 16.7 Å². The molecule has 0 aliphatic carbocycles. The van der Waals surface area contributed by atoms with E-state index in [9.17, 15) is 0 Å². The van der Waals surface area contributed by atoms with E-state index in [2.05, 4.69) is 143 Å². The lowest BCUT2D eigenvalue weighted by molar-refractivity contribution is 0.590. The van der Waals surface area contributed by atoms with E-state index in [1.165, 1.54) is 22.3 Å². The van der Waals surface area contributed by atoms with Crippen molar-refractivity contribution in [3.05, 3.63) is 151 Å². The Morgan fingerprint density at radius 3 is 1.57 bits per heavy atom. The standard InChI is InChI=1S/C40H34N2/c1-5-28-14-16-29(17-15-28)30-18-20-31(21-19-30)34-12-9-13-35(26-34)38-27-37(32-22-24-36(25-23-32)40(2,3)4)41-39(42-38)33-10-7-6-8-11-33/h5-27H,1H2,2-4H3. The quantitative estimate of drug-likeness (QED) is 0.209. The van der Waals surface area contributed by atoms with Gasteiger partial charge in [0.05, 0.1) is 11.4 Å². The molecule has 0 atom stereocenters. The summed E-state index contributed by atoms with van der Waals surface area (Å²) in [5.74, 6) is 0.722. The van der Waals surface area contributed by atoms with Crippen molar-refractivity contribution in [2.45, 2.75) is 26.2 Å². The molecule has 6 aromatic rings. The summed E-state index contributed by atoms with van der Waals surface area (Å²) in [7, 11) is 0. The Morgan fingerprint density at radius 2 is 0.976 bits per heavy atom. The molecule has 0 aliphatic rings. The molecule has 0 amide bonds. The highest BCUT2D eigenvalue weighted by Gasteiger charge is 2.15. The molecule has 1 aromatic heterocycles. The van der Waals surface area contributed by atoms with Gasteiger partial charge in [0.15, 0.2) is 5.82 Å². The summed E-state index contributed by atoms with van der Waals surface area (Å²) < 4.78 is 0. The number of benzene rings is 5. The van der Waals surface area contributed by atoms with Gasteiger partial charge >= 0.3 is 0 Å². The average molecular weight is 543 g/mol. The van der Waals surface area contributed by atoms with Crippen LogP contribution in [0.25, 0.3) is 62.2 Å². The largest absolute Gasteiger partial charge is 0.228 e. The van der Waals surface area contributed by atoms with Crippen molar-refractivity contribution in [3.63, 3.8) is 0 Å². The summed E-state index contributed by atoms with van der Waals surface area (Å²) >= 11 is 0. The third-order valence-corrected chi connectivity index (χ3v) is 7.66. The van der Waals surface area contributed by atoms with Crippen LogP contribution < -0.4 is 0 Å². The van der Waals surface area contributed by atoms with Gasteiger partial charge in [-0.1, -0.05) is 155 Å². The van der Waals surface area contributed by atoms with Gasteiger partial charge < -0.3 is 0 Å². The summed E-state index contributed by atoms with van der Waals surface area (Å²) in [5.41, 5.74) is 12.2. The number of nitrogens with zero attached hydrogens (tertiary/aromatic N) is 2. The van der Waals surface area contributed by atoms with Crippen LogP contribution in [0.4, 0.5) is 0 Å². The van der Waals surface area contributed by atoms with Crippen molar-refractivity contribution in [3.8, 4) is 56.2 Å². The number of aromatic nitrogens is 2. The van der Waals surface area contributed by atoms with Crippen LogP contribution in [0.5, 0.6) is 0 Å². The Balaban J connectivity index is 1.37. The smallest absolute Gasteiger partial charge is 0.160 e. The van der Waals surface area contributed by atoms with E-state index in [0.717, 1.165) is 45.0 Å². The second kappa shape index (κ2) is 11.4. The average Bonchev–Trinajstić information content (AvgIpc) is 3.05. The molecule has 0 spiro atoms. The normalized spacial score (nSPS) is 11.3. The van der Waals surface area contributed by atoms with E-state index in [-0.39, 0.29) is 5.41 Å². The first kappa shape index (κ1) is 27.1. The summed E-state index contributed by atoms with van der Waals surface area (Å²) in [4.78, 5) is 10.0. The molecule has 42 heavy (non-hydrogen) atoms. The molecule has 0 fully saturated rings. The van der Waals surface area contributed by atoms with Gasteiger partial charge in [-0.15, -0.1) is 0 Å². The predicted octanol–water partition coefficient (Wildman–Crippen LogP) is 10.8. The van der Waals surface area contributed by atoms with Crippen molar-refractivity contribution in [1.29, 1.82) is 0 Å². The minimum atomic E-state index is 0.0966. The molecular weight excluding hydrogens is 508 g/mol. The van der Waals surface area contributed by atoms with Gasteiger partial charge in [-0.3, -0.25) is 0 Å². The van der Waals surface area contributed by atoms with Crippen molar-refractivity contribution >= 4 is 6.08 Å². The van der Waals surface area contributed by atoms with Crippen LogP contribution in [0.3, 0.4) is 0 Å². The Hall–Kier alpha value is -5.08. The zero-order valence-corrected chi connectivity index (χ0v) is 24.4. The van der Waals surface area contributed by atoms with Gasteiger partial charge in [0.2, 0.25) is 0 Å². The Bertz CT molecular complexity index is 1830. The number of hydrogen-bond donors (Lipinski definition) is 0. The lowest BCUT2D eigenvalue weighted by atomic mass is 9.86. The van der Waals surface area contributed by atoms with E-state index < -0.39 is 0 Å². The third kappa shape index (κ3) is 5.84. The lowest BCUT2D eigenvalue weighted by Gasteiger charge is -2.19. The molecule has 6 rings (SSSR count). The Morgan fingerprint density at radius 1 is 0.476 bits per heavy atom. The van der Waals surface area contributed by atoms with Crippen LogP contribution in [-0.4, -0.2) is 9.97 Å². The molecule has 204 valence electrons. The maximum atomic E-state index is 5.04. The first-order valence-electron chi connectivity index (χ1n) is 14.4. The highest BCUT2D eigenvalue weighted by Crippen LogP contribution is 2.32. The van der Waals surface area contributed by atoms with Crippen LogP contribution in [0.2, 0.25) is 0 Å². The zero-order chi connectivity index (χ0) is 29.1. The van der Waals surface area contributed by atoms with Gasteiger partial charge in [0.25, 0.3) is 0 Å². The van der Waals surface area contributed by atoms with Gasteiger partial charge in [-0.05, 0) is 50.9 Å². The molecule has 0 bridgehead atoms. The zero-order valence-electron chi connectivity index (χ0n) is 24.4. The molecular formula is C40H34N2. The van der Waals surface area contributed by atoms with E-state index in [1.807, 2.05) is 24.3 Å². The van der Waals surface area contributed by atoms with Crippen molar-refractivity contribution in [1.82, 2.24) is 9.97 Å². The third-order valence-electron chi connectivity index (χ3n) is 7.66. The molecule has 2 nitrogen and oxygen atoms in total. The summed E-state index contributed by atoms with van der Waals surface area (Å²) in [5, 5.41) is 0. The molecule has 0 saturated heterocycles. The molecule has 5 aromatic carbocycles. The lowest BCUT2D eigenvalue weighted by Crippen LogP contribution is -2.10. The first-order chi connectivity index (χ1) is 20.4.